The van der Waals surface area contributed by atoms with Gasteiger partial charge in [0.15, 0.2) is 0 Å². The van der Waals surface area contributed by atoms with Gasteiger partial charge in [-0.25, -0.2) is 4.68 Å². The molecule has 0 spiro atoms. The third-order valence-electron chi connectivity index (χ3n) is 6.35. The molecule has 3 aromatic carbocycles. The Morgan fingerprint density at radius 2 is 1.62 bits per heavy atom. The van der Waals surface area contributed by atoms with Gasteiger partial charge in [-0.15, -0.1) is 0 Å². The highest BCUT2D eigenvalue weighted by atomic mass is 16.5. The molecule has 0 radical (unpaired) electrons. The van der Waals surface area contributed by atoms with Crippen molar-refractivity contribution in [1.29, 1.82) is 0 Å². The zero-order valence-electron chi connectivity index (χ0n) is 20.6. The van der Waals surface area contributed by atoms with E-state index in [1.54, 1.807) is 29.2 Å². The van der Waals surface area contributed by atoms with Crippen LogP contribution in [0.25, 0.3) is 23.0 Å². The summed E-state index contributed by atoms with van der Waals surface area (Å²) in [6.45, 7) is 4.07. The third-order valence-corrected chi connectivity index (χ3v) is 6.35. The van der Waals surface area contributed by atoms with E-state index in [4.69, 9.17) is 9.84 Å². The number of hydrogen-bond acceptors (Lipinski definition) is 4. The monoisotopic (exact) mass is 492 g/mol. The van der Waals surface area contributed by atoms with Crippen LogP contribution in [0.2, 0.25) is 0 Å². The molecule has 1 N–H and O–H groups in total. The number of nitrogens with one attached hydrogen (secondary N) is 1. The van der Waals surface area contributed by atoms with Crippen LogP contribution in [0.15, 0.2) is 91.1 Å². The minimum Gasteiger partial charge on any atom is -0.378 e. The Hall–Kier alpha value is -4.49. The van der Waals surface area contributed by atoms with E-state index in [1.165, 1.54) is 6.08 Å². The van der Waals surface area contributed by atoms with Crippen LogP contribution in [0.1, 0.15) is 21.5 Å². The number of carbonyl (C=O) groups is 2. The predicted molar refractivity (Wildman–Crippen MR) is 145 cm³/mol. The second-order valence-electron chi connectivity index (χ2n) is 8.78. The Morgan fingerprint density at radius 1 is 0.919 bits per heavy atom. The summed E-state index contributed by atoms with van der Waals surface area (Å²) in [5.41, 5.74) is 5.42. The van der Waals surface area contributed by atoms with Gasteiger partial charge in [0.2, 0.25) is 5.91 Å². The lowest BCUT2D eigenvalue weighted by atomic mass is 10.0. The normalized spacial score (nSPS) is 13.6. The third kappa shape index (κ3) is 5.52. The molecule has 1 aliphatic heterocycles. The molecule has 0 atom stereocenters. The number of aromatic nitrogens is 2. The molecule has 7 nitrogen and oxygen atoms in total. The average Bonchev–Trinajstić information content (AvgIpc) is 3.38. The summed E-state index contributed by atoms with van der Waals surface area (Å²) >= 11 is 0. The molecule has 0 unspecified atom stereocenters. The predicted octanol–water partition coefficient (Wildman–Crippen LogP) is 4.97. The Kier molecular flexibility index (Phi) is 7.23. The molecule has 4 aromatic rings. The highest BCUT2D eigenvalue weighted by Gasteiger charge is 2.21. The summed E-state index contributed by atoms with van der Waals surface area (Å²) in [5.74, 6) is -0.334. The molecular formula is C30H28N4O3. The highest BCUT2D eigenvalue weighted by molar-refractivity contribution is 6.04. The molecule has 186 valence electrons. The van der Waals surface area contributed by atoms with E-state index >= 15 is 0 Å². The minimum atomic E-state index is -0.287. The number of rotatable bonds is 6. The molecule has 1 aromatic heterocycles. The second kappa shape index (κ2) is 11.1. The molecule has 7 heteroatoms. The summed E-state index contributed by atoms with van der Waals surface area (Å²) in [6, 6.07) is 25.1. The van der Waals surface area contributed by atoms with Gasteiger partial charge in [0.05, 0.1) is 24.6 Å². The second-order valence-corrected chi connectivity index (χ2v) is 8.78. The van der Waals surface area contributed by atoms with Crippen molar-refractivity contribution in [2.75, 3.05) is 31.6 Å². The Labute approximate surface area is 216 Å². The van der Waals surface area contributed by atoms with Crippen molar-refractivity contribution in [2.24, 2.45) is 0 Å². The van der Waals surface area contributed by atoms with E-state index < -0.39 is 0 Å². The zero-order valence-corrected chi connectivity index (χ0v) is 20.6. The summed E-state index contributed by atoms with van der Waals surface area (Å²) < 4.78 is 7.16. The molecule has 5 rings (SSSR count). The lowest BCUT2D eigenvalue weighted by molar-refractivity contribution is -0.111. The Balaban J connectivity index is 1.37. The van der Waals surface area contributed by atoms with Gasteiger partial charge in [0.1, 0.15) is 0 Å². The summed E-state index contributed by atoms with van der Waals surface area (Å²) in [5, 5.41) is 7.71. The summed E-state index contributed by atoms with van der Waals surface area (Å²) in [4.78, 5) is 27.7. The number of anilines is 1. The molecule has 0 bridgehead atoms. The summed E-state index contributed by atoms with van der Waals surface area (Å²) in [7, 11) is 0. The number of ether oxygens (including phenoxy) is 1. The van der Waals surface area contributed by atoms with E-state index in [-0.39, 0.29) is 11.8 Å². The SMILES string of the molecule is Cc1c(NC(=O)C=Cc2cn(-c3ccccc3)nc2-c2ccccc2)cccc1C(=O)N1CCOCC1. The van der Waals surface area contributed by atoms with Crippen LogP contribution in [-0.2, 0) is 9.53 Å². The van der Waals surface area contributed by atoms with Crippen molar-refractivity contribution in [1.82, 2.24) is 14.7 Å². The van der Waals surface area contributed by atoms with Crippen molar-refractivity contribution in [2.45, 2.75) is 6.92 Å². The zero-order chi connectivity index (χ0) is 25.6. The first kappa shape index (κ1) is 24.2. The fourth-order valence-corrected chi connectivity index (χ4v) is 4.32. The standard InChI is InChI=1S/C30H28N4O3/c1-22-26(30(36)33-17-19-37-20-18-33)13-8-14-27(22)31-28(35)16-15-24-21-34(25-11-6-3-7-12-25)32-29(24)23-9-4-2-5-10-23/h2-16,21H,17-20H2,1H3,(H,31,35). The number of nitrogens with zero attached hydrogens (tertiary/aromatic N) is 3. The fourth-order valence-electron chi connectivity index (χ4n) is 4.32. The molecule has 1 saturated heterocycles. The van der Waals surface area contributed by atoms with Gasteiger partial charge < -0.3 is 15.0 Å². The van der Waals surface area contributed by atoms with Crippen LogP contribution < -0.4 is 5.32 Å². The van der Waals surface area contributed by atoms with Crippen molar-refractivity contribution >= 4 is 23.6 Å². The lowest BCUT2D eigenvalue weighted by Gasteiger charge is -2.27. The Morgan fingerprint density at radius 3 is 2.35 bits per heavy atom. The quantitative estimate of drug-likeness (QED) is 0.386. The van der Waals surface area contributed by atoms with Gasteiger partial charge >= 0.3 is 0 Å². The molecule has 1 fully saturated rings. The van der Waals surface area contributed by atoms with Gasteiger partial charge in [-0.3, -0.25) is 9.59 Å². The van der Waals surface area contributed by atoms with Crippen molar-refractivity contribution in [3.8, 4) is 16.9 Å². The van der Waals surface area contributed by atoms with E-state index in [0.29, 0.717) is 37.6 Å². The minimum absolute atomic E-state index is 0.0479. The van der Waals surface area contributed by atoms with E-state index in [1.807, 2.05) is 78.5 Å². The van der Waals surface area contributed by atoms with Crippen LogP contribution in [0.4, 0.5) is 5.69 Å². The van der Waals surface area contributed by atoms with Gasteiger partial charge in [-0.05, 0) is 42.8 Å². The number of benzene rings is 3. The maximum atomic E-state index is 13.0. The van der Waals surface area contributed by atoms with Crippen molar-refractivity contribution in [3.05, 3.63) is 108 Å². The molecule has 37 heavy (non-hydrogen) atoms. The molecule has 0 aliphatic carbocycles. The smallest absolute Gasteiger partial charge is 0.254 e. The van der Waals surface area contributed by atoms with Crippen molar-refractivity contribution < 1.29 is 14.3 Å². The first-order valence-corrected chi connectivity index (χ1v) is 12.3. The lowest BCUT2D eigenvalue weighted by Crippen LogP contribution is -2.41. The fraction of sp³-hybridized carbons (Fsp3) is 0.167. The molecular weight excluding hydrogens is 464 g/mol. The van der Waals surface area contributed by atoms with Crippen LogP contribution in [-0.4, -0.2) is 52.8 Å². The first-order chi connectivity index (χ1) is 18.1. The van der Waals surface area contributed by atoms with Gasteiger partial charge in [0, 0.05) is 47.7 Å². The maximum Gasteiger partial charge on any atom is 0.254 e. The molecule has 1 aliphatic rings. The van der Waals surface area contributed by atoms with Crippen LogP contribution in [0.5, 0.6) is 0 Å². The van der Waals surface area contributed by atoms with Gasteiger partial charge in [-0.2, -0.15) is 5.10 Å². The number of amides is 2. The van der Waals surface area contributed by atoms with Gasteiger partial charge in [-0.1, -0.05) is 54.6 Å². The maximum absolute atomic E-state index is 13.0. The number of hydrogen-bond donors (Lipinski definition) is 1. The molecule has 2 heterocycles. The molecule has 0 saturated carbocycles. The number of carbonyl (C=O) groups excluding carboxylic acids is 2. The van der Waals surface area contributed by atoms with E-state index in [9.17, 15) is 9.59 Å². The van der Waals surface area contributed by atoms with Gasteiger partial charge in [0.25, 0.3) is 5.91 Å². The molecule has 2 amide bonds. The largest absolute Gasteiger partial charge is 0.378 e. The average molecular weight is 493 g/mol. The van der Waals surface area contributed by atoms with E-state index in [2.05, 4.69) is 5.32 Å². The van der Waals surface area contributed by atoms with Crippen LogP contribution in [0, 0.1) is 6.92 Å². The van der Waals surface area contributed by atoms with Crippen LogP contribution in [0.3, 0.4) is 0 Å². The van der Waals surface area contributed by atoms with Crippen molar-refractivity contribution in [3.63, 3.8) is 0 Å². The summed E-state index contributed by atoms with van der Waals surface area (Å²) in [6.07, 6.45) is 5.17. The topological polar surface area (TPSA) is 76.5 Å². The van der Waals surface area contributed by atoms with E-state index in [0.717, 1.165) is 28.1 Å². The number of para-hydroxylation sites is 1. The highest BCUT2D eigenvalue weighted by Crippen LogP contribution is 2.25. The van der Waals surface area contributed by atoms with Crippen LogP contribution >= 0.6 is 0 Å². The first-order valence-electron chi connectivity index (χ1n) is 12.3. The Bertz CT molecular complexity index is 1420. The number of morpholine rings is 1.